The van der Waals surface area contributed by atoms with Crippen LogP contribution in [0.25, 0.3) is 0 Å². The molecule has 5 heteroatoms. The number of aryl methyl sites for hydroxylation is 1. The van der Waals surface area contributed by atoms with E-state index in [-0.39, 0.29) is 0 Å². The van der Waals surface area contributed by atoms with Gasteiger partial charge in [-0.3, -0.25) is 0 Å². The maximum atomic E-state index is 5.66. The van der Waals surface area contributed by atoms with E-state index in [0.29, 0.717) is 18.4 Å². The summed E-state index contributed by atoms with van der Waals surface area (Å²) in [6, 6.07) is 1.87. The van der Waals surface area contributed by atoms with E-state index >= 15 is 0 Å². The van der Waals surface area contributed by atoms with Crippen molar-refractivity contribution in [2.24, 2.45) is 5.92 Å². The monoisotopic (exact) mass is 280 g/mol. The summed E-state index contributed by atoms with van der Waals surface area (Å²) in [5.41, 5.74) is 0. The average molecular weight is 280 g/mol. The highest BCUT2D eigenvalue weighted by Crippen LogP contribution is 2.14. The van der Waals surface area contributed by atoms with Gasteiger partial charge in [-0.15, -0.1) is 0 Å². The van der Waals surface area contributed by atoms with Crippen LogP contribution in [-0.2, 0) is 0 Å². The van der Waals surface area contributed by atoms with Gasteiger partial charge in [-0.1, -0.05) is 27.7 Å². The molecule has 1 aromatic rings. The highest BCUT2D eigenvalue weighted by atomic mass is 16.5. The predicted octanol–water partition coefficient (Wildman–Crippen LogP) is 2.57. The molecule has 5 nitrogen and oxygen atoms in total. The summed E-state index contributed by atoms with van der Waals surface area (Å²) in [6.45, 7) is 15.2. The Balaban J connectivity index is 2.52. The molecule has 0 atom stereocenters. The number of hydrogen-bond acceptors (Lipinski definition) is 5. The molecular formula is C15H28N4O. The number of likely N-dealkylation sites (N-methyl/N-ethyl adjacent to an activating group) is 1. The summed E-state index contributed by atoms with van der Waals surface area (Å²) in [4.78, 5) is 11.1. The van der Waals surface area contributed by atoms with E-state index in [0.717, 1.165) is 37.8 Å². The number of hydrogen-bond donors (Lipinski definition) is 1. The lowest BCUT2D eigenvalue weighted by Gasteiger charge is -2.18. The van der Waals surface area contributed by atoms with Crippen molar-refractivity contribution in [1.82, 2.24) is 14.9 Å². The second kappa shape index (κ2) is 8.74. The van der Waals surface area contributed by atoms with Crippen molar-refractivity contribution < 1.29 is 4.74 Å². The van der Waals surface area contributed by atoms with Crippen molar-refractivity contribution in [2.75, 3.05) is 38.1 Å². The minimum Gasteiger partial charge on any atom is -0.477 e. The van der Waals surface area contributed by atoms with E-state index in [4.69, 9.17) is 4.74 Å². The van der Waals surface area contributed by atoms with E-state index in [1.165, 1.54) is 0 Å². The van der Waals surface area contributed by atoms with Crippen LogP contribution in [0.3, 0.4) is 0 Å². The van der Waals surface area contributed by atoms with Crippen molar-refractivity contribution in [1.29, 1.82) is 0 Å². The molecule has 0 radical (unpaired) electrons. The molecule has 114 valence electrons. The number of anilines is 1. The third kappa shape index (κ3) is 6.19. The lowest BCUT2D eigenvalue weighted by atomic mass is 10.2. The van der Waals surface area contributed by atoms with Crippen LogP contribution >= 0.6 is 0 Å². The van der Waals surface area contributed by atoms with Crippen molar-refractivity contribution in [3.63, 3.8) is 0 Å². The van der Waals surface area contributed by atoms with Crippen LogP contribution in [0.4, 0.5) is 5.82 Å². The minimum absolute atomic E-state index is 0.490. The Bertz CT molecular complexity index is 391. The first-order valence-corrected chi connectivity index (χ1v) is 7.49. The zero-order valence-electron chi connectivity index (χ0n) is 13.4. The summed E-state index contributed by atoms with van der Waals surface area (Å²) >= 11 is 0. The lowest BCUT2D eigenvalue weighted by molar-refractivity contribution is 0.260. The number of nitrogens with zero attached hydrogens (tertiary/aromatic N) is 3. The van der Waals surface area contributed by atoms with Crippen molar-refractivity contribution >= 4 is 5.82 Å². The Morgan fingerprint density at radius 1 is 1.25 bits per heavy atom. The van der Waals surface area contributed by atoms with Gasteiger partial charge in [0.25, 0.3) is 0 Å². The van der Waals surface area contributed by atoms with Crippen LogP contribution in [0.1, 0.15) is 33.5 Å². The fourth-order valence-electron chi connectivity index (χ4n) is 1.84. The molecule has 0 fully saturated rings. The molecule has 0 amide bonds. The van der Waals surface area contributed by atoms with Gasteiger partial charge in [-0.25, -0.2) is 4.98 Å². The molecule has 0 aliphatic carbocycles. The molecule has 0 saturated carbocycles. The van der Waals surface area contributed by atoms with E-state index in [1.54, 1.807) is 0 Å². The van der Waals surface area contributed by atoms with E-state index in [2.05, 4.69) is 47.9 Å². The highest BCUT2D eigenvalue weighted by Gasteiger charge is 2.05. The Labute approximate surface area is 122 Å². The summed E-state index contributed by atoms with van der Waals surface area (Å²) in [6.07, 6.45) is 0. The molecule has 0 aromatic carbocycles. The van der Waals surface area contributed by atoms with Crippen LogP contribution in [0.5, 0.6) is 5.88 Å². The molecule has 1 rings (SSSR count). The van der Waals surface area contributed by atoms with Gasteiger partial charge in [0.05, 0.1) is 6.61 Å². The minimum atomic E-state index is 0.490. The molecule has 0 unspecified atom stereocenters. The van der Waals surface area contributed by atoms with E-state index in [9.17, 15) is 0 Å². The summed E-state index contributed by atoms with van der Waals surface area (Å²) < 4.78 is 5.66. The third-order valence-electron chi connectivity index (χ3n) is 3.01. The smallest absolute Gasteiger partial charge is 0.218 e. The quantitative estimate of drug-likeness (QED) is 0.753. The van der Waals surface area contributed by atoms with Crippen molar-refractivity contribution in [3.8, 4) is 5.88 Å². The zero-order valence-corrected chi connectivity index (χ0v) is 13.4. The van der Waals surface area contributed by atoms with Crippen LogP contribution in [-0.4, -0.2) is 47.7 Å². The predicted molar refractivity (Wildman–Crippen MR) is 83.4 cm³/mol. The standard InChI is InChI=1S/C15H28N4O/c1-6-19(7-2)9-8-16-14-10-15(18-13(5)17-14)20-11-12(3)4/h10,12H,6-9,11H2,1-5H3,(H,16,17,18). The fourth-order valence-corrected chi connectivity index (χ4v) is 1.84. The van der Waals surface area contributed by atoms with Gasteiger partial charge < -0.3 is 15.0 Å². The van der Waals surface area contributed by atoms with Gasteiger partial charge in [-0.2, -0.15) is 4.98 Å². The number of nitrogens with one attached hydrogen (secondary N) is 1. The molecular weight excluding hydrogens is 252 g/mol. The third-order valence-corrected chi connectivity index (χ3v) is 3.01. The number of aromatic nitrogens is 2. The van der Waals surface area contributed by atoms with Gasteiger partial charge in [0.1, 0.15) is 11.6 Å². The lowest BCUT2D eigenvalue weighted by Crippen LogP contribution is -2.28. The van der Waals surface area contributed by atoms with Gasteiger partial charge in [-0.05, 0) is 25.9 Å². The molecule has 1 aromatic heterocycles. The van der Waals surface area contributed by atoms with Crippen LogP contribution in [0.15, 0.2) is 6.07 Å². The fraction of sp³-hybridized carbons (Fsp3) is 0.733. The van der Waals surface area contributed by atoms with Gasteiger partial charge >= 0.3 is 0 Å². The van der Waals surface area contributed by atoms with Gasteiger partial charge in [0.15, 0.2) is 0 Å². The molecule has 0 spiro atoms. The van der Waals surface area contributed by atoms with Gasteiger partial charge in [0.2, 0.25) is 5.88 Å². The van der Waals surface area contributed by atoms with Crippen LogP contribution in [0.2, 0.25) is 0 Å². The van der Waals surface area contributed by atoms with E-state index < -0.39 is 0 Å². The zero-order chi connectivity index (χ0) is 15.0. The normalized spacial score (nSPS) is 11.2. The molecule has 0 saturated heterocycles. The van der Waals surface area contributed by atoms with Crippen LogP contribution in [0, 0.1) is 12.8 Å². The summed E-state index contributed by atoms with van der Waals surface area (Å²) in [5.74, 6) is 2.71. The topological polar surface area (TPSA) is 50.3 Å². The number of rotatable bonds is 9. The molecule has 1 N–H and O–H groups in total. The summed E-state index contributed by atoms with van der Waals surface area (Å²) in [7, 11) is 0. The molecule has 1 heterocycles. The van der Waals surface area contributed by atoms with Gasteiger partial charge in [0, 0.05) is 19.2 Å². The first-order valence-electron chi connectivity index (χ1n) is 7.49. The van der Waals surface area contributed by atoms with Crippen molar-refractivity contribution in [3.05, 3.63) is 11.9 Å². The maximum absolute atomic E-state index is 5.66. The first-order chi connectivity index (χ1) is 9.55. The summed E-state index contributed by atoms with van der Waals surface area (Å²) in [5, 5.41) is 3.34. The molecule has 20 heavy (non-hydrogen) atoms. The average Bonchev–Trinajstić information content (AvgIpc) is 2.41. The van der Waals surface area contributed by atoms with Crippen LogP contribution < -0.4 is 10.1 Å². The Morgan fingerprint density at radius 2 is 1.95 bits per heavy atom. The van der Waals surface area contributed by atoms with Crippen molar-refractivity contribution in [2.45, 2.75) is 34.6 Å². The maximum Gasteiger partial charge on any atom is 0.218 e. The van der Waals surface area contributed by atoms with E-state index in [1.807, 2.05) is 13.0 Å². The molecule has 0 aliphatic heterocycles. The first kappa shape index (κ1) is 16.7. The largest absolute Gasteiger partial charge is 0.477 e. The Hall–Kier alpha value is -1.36. The Morgan fingerprint density at radius 3 is 2.55 bits per heavy atom. The molecule has 0 aliphatic rings. The number of ether oxygens (including phenoxy) is 1. The Kier molecular flexibility index (Phi) is 7.30. The highest BCUT2D eigenvalue weighted by molar-refractivity contribution is 5.38. The molecule has 0 bridgehead atoms. The SMILES string of the molecule is CCN(CC)CCNc1cc(OCC(C)C)nc(C)n1. The second-order valence-corrected chi connectivity index (χ2v) is 5.30. The second-order valence-electron chi connectivity index (χ2n) is 5.30.